The zero-order valence-electron chi connectivity index (χ0n) is 7.48. The Balaban J connectivity index is 2.70. The highest BCUT2D eigenvalue weighted by Crippen LogP contribution is 2.30. The van der Waals surface area contributed by atoms with Gasteiger partial charge in [0, 0.05) is 0 Å². The third kappa shape index (κ3) is 1.83. The molecule has 0 heteroatoms. The van der Waals surface area contributed by atoms with Crippen LogP contribution in [0.15, 0.2) is 36.0 Å². The summed E-state index contributed by atoms with van der Waals surface area (Å²) >= 11 is 0. The number of allylic oxidation sites excluding steroid dienone is 4. The first-order valence-electron chi connectivity index (χ1n) is 4.11. The van der Waals surface area contributed by atoms with E-state index in [0.29, 0.717) is 5.92 Å². The van der Waals surface area contributed by atoms with E-state index in [4.69, 9.17) is 0 Å². The van der Waals surface area contributed by atoms with Gasteiger partial charge >= 0.3 is 0 Å². The smallest absolute Gasteiger partial charge is 0.0134 e. The lowest BCUT2D eigenvalue weighted by molar-refractivity contribution is 0.602. The van der Waals surface area contributed by atoms with Gasteiger partial charge in [-0.2, -0.15) is 0 Å². The van der Waals surface area contributed by atoms with Crippen LogP contribution in [0.3, 0.4) is 0 Å². The molecule has 0 saturated heterocycles. The van der Waals surface area contributed by atoms with Crippen molar-refractivity contribution in [1.82, 2.24) is 0 Å². The fourth-order valence-electron chi connectivity index (χ4n) is 1.38. The van der Waals surface area contributed by atoms with Crippen molar-refractivity contribution < 1.29 is 0 Å². The summed E-state index contributed by atoms with van der Waals surface area (Å²) in [6, 6.07) is 0. The van der Waals surface area contributed by atoms with Crippen molar-refractivity contribution in [1.29, 1.82) is 0 Å². The first-order valence-corrected chi connectivity index (χ1v) is 4.11. The van der Waals surface area contributed by atoms with Gasteiger partial charge in [0.05, 0.1) is 0 Å². The lowest BCUT2D eigenvalue weighted by atomic mass is 9.83. The van der Waals surface area contributed by atoms with Gasteiger partial charge < -0.3 is 0 Å². The Bertz CT molecular complexity index is 218. The standard InChI is InChI=1S/C11H16/c1-8(2)11-6-5-9(3)10(4)7-11/h5,11H,1,4,6-7H2,2-3H3. The highest BCUT2D eigenvalue weighted by molar-refractivity contribution is 5.31. The third-order valence-corrected chi connectivity index (χ3v) is 2.46. The van der Waals surface area contributed by atoms with E-state index < -0.39 is 0 Å². The lowest BCUT2D eigenvalue weighted by Gasteiger charge is -2.22. The molecule has 0 aromatic rings. The minimum absolute atomic E-state index is 0.645. The van der Waals surface area contributed by atoms with Crippen LogP contribution in [0.2, 0.25) is 0 Å². The topological polar surface area (TPSA) is 0 Å². The average molecular weight is 148 g/mol. The zero-order chi connectivity index (χ0) is 8.43. The summed E-state index contributed by atoms with van der Waals surface area (Å²) < 4.78 is 0. The van der Waals surface area contributed by atoms with Crippen LogP contribution in [0.25, 0.3) is 0 Å². The molecule has 1 rings (SSSR count). The number of hydrogen-bond acceptors (Lipinski definition) is 0. The van der Waals surface area contributed by atoms with Crippen LogP contribution >= 0.6 is 0 Å². The van der Waals surface area contributed by atoms with Crippen LogP contribution < -0.4 is 0 Å². The second-order valence-corrected chi connectivity index (χ2v) is 3.47. The minimum atomic E-state index is 0.645. The molecule has 0 amide bonds. The maximum Gasteiger partial charge on any atom is -0.0134 e. The highest BCUT2D eigenvalue weighted by atomic mass is 14.2. The summed E-state index contributed by atoms with van der Waals surface area (Å²) in [5, 5.41) is 0. The summed E-state index contributed by atoms with van der Waals surface area (Å²) in [4.78, 5) is 0. The number of hydrogen-bond donors (Lipinski definition) is 0. The molecule has 1 atom stereocenters. The zero-order valence-corrected chi connectivity index (χ0v) is 7.48. The Morgan fingerprint density at radius 2 is 2.27 bits per heavy atom. The number of rotatable bonds is 1. The summed E-state index contributed by atoms with van der Waals surface area (Å²) in [7, 11) is 0. The van der Waals surface area contributed by atoms with Gasteiger partial charge in [0.25, 0.3) is 0 Å². The van der Waals surface area contributed by atoms with E-state index in [1.165, 1.54) is 16.7 Å². The van der Waals surface area contributed by atoms with E-state index in [0.717, 1.165) is 12.8 Å². The molecular weight excluding hydrogens is 132 g/mol. The van der Waals surface area contributed by atoms with E-state index >= 15 is 0 Å². The normalized spacial score (nSPS) is 24.7. The molecule has 60 valence electrons. The average Bonchev–Trinajstić information content (AvgIpc) is 1.94. The quantitative estimate of drug-likeness (QED) is 0.499. The largest absolute Gasteiger partial charge is 0.0998 e. The molecule has 0 nitrogen and oxygen atoms in total. The first-order chi connectivity index (χ1) is 5.11. The summed E-state index contributed by atoms with van der Waals surface area (Å²) in [5.41, 5.74) is 3.93. The van der Waals surface area contributed by atoms with Crippen molar-refractivity contribution in [2.75, 3.05) is 0 Å². The molecule has 0 aliphatic heterocycles. The molecule has 0 aromatic carbocycles. The van der Waals surface area contributed by atoms with Crippen molar-refractivity contribution in [3.8, 4) is 0 Å². The van der Waals surface area contributed by atoms with Gasteiger partial charge in [-0.1, -0.05) is 36.0 Å². The predicted octanol–water partition coefficient (Wildman–Crippen LogP) is 3.48. The Labute approximate surface area is 69.3 Å². The SMILES string of the molecule is C=C1CC(C(=C)C)CC=C1C. The van der Waals surface area contributed by atoms with Crippen LogP contribution in [0.5, 0.6) is 0 Å². The third-order valence-electron chi connectivity index (χ3n) is 2.46. The molecule has 0 N–H and O–H groups in total. The van der Waals surface area contributed by atoms with Crippen LogP contribution in [-0.2, 0) is 0 Å². The minimum Gasteiger partial charge on any atom is -0.0998 e. The summed E-state index contributed by atoms with van der Waals surface area (Å²) in [5.74, 6) is 0.645. The van der Waals surface area contributed by atoms with Gasteiger partial charge in [-0.3, -0.25) is 0 Å². The molecule has 0 spiro atoms. The molecule has 0 bridgehead atoms. The molecule has 11 heavy (non-hydrogen) atoms. The van der Waals surface area contributed by atoms with Gasteiger partial charge in [-0.15, -0.1) is 0 Å². The Morgan fingerprint density at radius 3 is 2.73 bits per heavy atom. The van der Waals surface area contributed by atoms with Crippen molar-refractivity contribution >= 4 is 0 Å². The molecule has 0 radical (unpaired) electrons. The second-order valence-electron chi connectivity index (χ2n) is 3.47. The van der Waals surface area contributed by atoms with Crippen molar-refractivity contribution in [3.05, 3.63) is 36.0 Å². The van der Waals surface area contributed by atoms with Crippen LogP contribution in [0.4, 0.5) is 0 Å². The van der Waals surface area contributed by atoms with Crippen LogP contribution in [-0.4, -0.2) is 0 Å². The monoisotopic (exact) mass is 148 g/mol. The maximum atomic E-state index is 4.02. The van der Waals surface area contributed by atoms with Gasteiger partial charge in [0.2, 0.25) is 0 Å². The maximum absolute atomic E-state index is 4.02. The van der Waals surface area contributed by atoms with Gasteiger partial charge in [0.15, 0.2) is 0 Å². The first kappa shape index (κ1) is 8.32. The Morgan fingerprint density at radius 1 is 1.64 bits per heavy atom. The van der Waals surface area contributed by atoms with Gasteiger partial charge in [0.1, 0.15) is 0 Å². The predicted molar refractivity (Wildman–Crippen MR) is 50.4 cm³/mol. The molecule has 0 fully saturated rings. The molecule has 0 saturated carbocycles. The Kier molecular flexibility index (Phi) is 2.33. The van der Waals surface area contributed by atoms with Gasteiger partial charge in [-0.05, 0) is 32.6 Å². The summed E-state index contributed by atoms with van der Waals surface area (Å²) in [6.45, 7) is 12.2. The van der Waals surface area contributed by atoms with E-state index in [-0.39, 0.29) is 0 Å². The lowest BCUT2D eigenvalue weighted by Crippen LogP contribution is -2.07. The van der Waals surface area contributed by atoms with Crippen LogP contribution in [0, 0.1) is 5.92 Å². The second kappa shape index (κ2) is 3.08. The molecule has 1 unspecified atom stereocenters. The fraction of sp³-hybridized carbons (Fsp3) is 0.455. The van der Waals surface area contributed by atoms with E-state index in [1.54, 1.807) is 0 Å². The van der Waals surface area contributed by atoms with Crippen molar-refractivity contribution in [2.24, 2.45) is 5.92 Å². The molecule has 0 heterocycles. The van der Waals surface area contributed by atoms with E-state index in [1.807, 2.05) is 0 Å². The molecule has 1 aliphatic carbocycles. The van der Waals surface area contributed by atoms with Crippen molar-refractivity contribution in [2.45, 2.75) is 26.7 Å². The van der Waals surface area contributed by atoms with Gasteiger partial charge in [-0.25, -0.2) is 0 Å². The van der Waals surface area contributed by atoms with E-state index in [9.17, 15) is 0 Å². The molecule has 1 aliphatic rings. The summed E-state index contributed by atoms with van der Waals surface area (Å²) in [6.07, 6.45) is 4.53. The van der Waals surface area contributed by atoms with Crippen LogP contribution in [0.1, 0.15) is 26.7 Å². The highest BCUT2D eigenvalue weighted by Gasteiger charge is 2.14. The molecule has 0 aromatic heterocycles. The van der Waals surface area contributed by atoms with Crippen molar-refractivity contribution in [3.63, 3.8) is 0 Å². The Hall–Kier alpha value is -0.780. The van der Waals surface area contributed by atoms with E-state index in [2.05, 4.69) is 33.1 Å². The fourth-order valence-corrected chi connectivity index (χ4v) is 1.38. The molecular formula is C11H16.